The first kappa shape index (κ1) is 25.1. The van der Waals surface area contributed by atoms with Gasteiger partial charge in [0.15, 0.2) is 0 Å². The molecule has 3 fully saturated rings. The number of fused-ring (bicyclic) bond motifs is 2. The van der Waals surface area contributed by atoms with Gasteiger partial charge in [-0.05, 0) is 97.5 Å². The van der Waals surface area contributed by atoms with Crippen LogP contribution in [0.25, 0.3) is 10.8 Å². The minimum atomic E-state index is -0.294. The number of hydrogen-bond acceptors (Lipinski definition) is 4. The molecule has 2 saturated carbocycles. The van der Waals surface area contributed by atoms with Gasteiger partial charge in [-0.1, -0.05) is 42.5 Å². The molecular weight excluding hydrogens is 472 g/mol. The van der Waals surface area contributed by atoms with E-state index in [1.54, 1.807) is 0 Å². The lowest BCUT2D eigenvalue weighted by Crippen LogP contribution is -2.56. The number of likely N-dealkylation sites (tertiary alicyclic amines) is 1. The van der Waals surface area contributed by atoms with E-state index in [0.29, 0.717) is 11.7 Å². The van der Waals surface area contributed by atoms with E-state index in [9.17, 15) is 9.59 Å². The van der Waals surface area contributed by atoms with Crippen molar-refractivity contribution in [1.82, 2.24) is 9.80 Å². The monoisotopic (exact) mass is 510 g/mol. The molecule has 3 unspecified atom stereocenters. The summed E-state index contributed by atoms with van der Waals surface area (Å²) in [7, 11) is 1.98. The van der Waals surface area contributed by atoms with Gasteiger partial charge in [-0.3, -0.25) is 9.59 Å². The Bertz CT molecular complexity index is 1350. The first-order chi connectivity index (χ1) is 18.4. The van der Waals surface area contributed by atoms with Gasteiger partial charge in [0.05, 0.1) is 0 Å². The number of nitrogens with zero attached hydrogens (tertiary/aromatic N) is 2. The quantitative estimate of drug-likeness (QED) is 0.299. The van der Waals surface area contributed by atoms with E-state index in [-0.39, 0.29) is 23.3 Å². The fraction of sp³-hybridized carbons (Fsp3) is 0.455. The van der Waals surface area contributed by atoms with E-state index in [2.05, 4.69) is 29.2 Å². The summed E-state index contributed by atoms with van der Waals surface area (Å²) in [4.78, 5) is 30.1. The highest BCUT2D eigenvalue weighted by Gasteiger charge is 2.49. The number of amides is 1. The summed E-state index contributed by atoms with van der Waals surface area (Å²) in [6.07, 6.45) is 6.87. The Balaban J connectivity index is 1.28. The maximum Gasteiger partial charge on any atom is 0.308 e. The maximum atomic E-state index is 13.7. The van der Waals surface area contributed by atoms with Crippen LogP contribution in [0.15, 0.2) is 66.7 Å². The number of piperidine rings is 1. The zero-order valence-corrected chi connectivity index (χ0v) is 22.6. The highest BCUT2D eigenvalue weighted by atomic mass is 16.5. The van der Waals surface area contributed by atoms with Gasteiger partial charge < -0.3 is 14.5 Å². The summed E-state index contributed by atoms with van der Waals surface area (Å²) in [6.45, 7) is 4.88. The van der Waals surface area contributed by atoms with Gasteiger partial charge in [0, 0.05) is 44.1 Å². The highest BCUT2D eigenvalue weighted by Crippen LogP contribution is 2.51. The lowest BCUT2D eigenvalue weighted by Gasteiger charge is -2.54. The van der Waals surface area contributed by atoms with Gasteiger partial charge in [-0.15, -0.1) is 0 Å². The van der Waals surface area contributed by atoms with Crippen molar-refractivity contribution in [2.24, 2.45) is 11.8 Å². The SMILES string of the molecule is CC(=O)Oc1cccc(C23CCN(CC4CC4)CC2CCC(N(C)C(=O)c2ccc4ccccc4c2)C3)c1. The van der Waals surface area contributed by atoms with Gasteiger partial charge >= 0.3 is 5.97 Å². The van der Waals surface area contributed by atoms with Gasteiger partial charge in [0.1, 0.15) is 5.75 Å². The summed E-state index contributed by atoms with van der Waals surface area (Å²) >= 11 is 0. The van der Waals surface area contributed by atoms with Crippen molar-refractivity contribution >= 4 is 22.6 Å². The Morgan fingerprint density at radius 2 is 1.79 bits per heavy atom. The molecule has 5 heteroatoms. The standard InChI is InChI=1S/C33H38N2O3/c1-23(36)38-31-9-5-8-28(19-31)33-16-17-35(21-24-10-11-24)22-29(33)14-15-30(20-33)34(2)32(37)27-13-12-25-6-3-4-7-26(25)18-27/h3-9,12-13,18-19,24,29-30H,10-11,14-17,20-22H2,1-2H3. The molecule has 38 heavy (non-hydrogen) atoms. The molecule has 5 nitrogen and oxygen atoms in total. The van der Waals surface area contributed by atoms with Crippen LogP contribution in [0.4, 0.5) is 0 Å². The largest absolute Gasteiger partial charge is 0.427 e. The van der Waals surface area contributed by atoms with Crippen molar-refractivity contribution < 1.29 is 14.3 Å². The van der Waals surface area contributed by atoms with Crippen LogP contribution in [0.5, 0.6) is 5.75 Å². The third kappa shape index (κ3) is 4.96. The number of rotatable bonds is 6. The van der Waals surface area contributed by atoms with Crippen LogP contribution < -0.4 is 4.74 Å². The van der Waals surface area contributed by atoms with E-state index in [0.717, 1.165) is 61.0 Å². The normalized spacial score (nSPS) is 25.5. The van der Waals surface area contributed by atoms with Crippen LogP contribution in [0.3, 0.4) is 0 Å². The van der Waals surface area contributed by atoms with Gasteiger partial charge in [0.25, 0.3) is 5.91 Å². The highest BCUT2D eigenvalue weighted by molar-refractivity contribution is 5.98. The molecule has 0 bridgehead atoms. The van der Waals surface area contributed by atoms with Crippen molar-refractivity contribution in [3.8, 4) is 5.75 Å². The minimum Gasteiger partial charge on any atom is -0.427 e. The topological polar surface area (TPSA) is 49.9 Å². The maximum absolute atomic E-state index is 13.7. The minimum absolute atomic E-state index is 0.0307. The lowest BCUT2D eigenvalue weighted by atomic mass is 9.57. The van der Waals surface area contributed by atoms with Gasteiger partial charge in [-0.2, -0.15) is 0 Å². The van der Waals surface area contributed by atoms with E-state index in [4.69, 9.17) is 4.74 Å². The molecule has 1 amide bonds. The Kier molecular flexibility index (Phi) is 6.73. The molecule has 1 aliphatic heterocycles. The van der Waals surface area contributed by atoms with Crippen LogP contribution in [-0.4, -0.2) is 54.4 Å². The van der Waals surface area contributed by atoms with Crippen LogP contribution in [-0.2, 0) is 10.2 Å². The Morgan fingerprint density at radius 3 is 2.58 bits per heavy atom. The summed E-state index contributed by atoms with van der Waals surface area (Å²) in [5.41, 5.74) is 1.97. The summed E-state index contributed by atoms with van der Waals surface area (Å²) < 4.78 is 5.50. The molecule has 3 aliphatic rings. The number of esters is 1. The van der Waals surface area contributed by atoms with Crippen molar-refractivity contribution in [2.45, 2.75) is 56.9 Å². The van der Waals surface area contributed by atoms with Crippen molar-refractivity contribution in [2.75, 3.05) is 26.7 Å². The van der Waals surface area contributed by atoms with E-state index in [1.165, 1.54) is 31.9 Å². The lowest BCUT2D eigenvalue weighted by molar-refractivity contribution is -0.131. The zero-order chi connectivity index (χ0) is 26.3. The first-order valence-corrected chi connectivity index (χ1v) is 14.2. The molecule has 3 aromatic carbocycles. The second-order valence-corrected chi connectivity index (χ2v) is 11.8. The Labute approximate surface area is 225 Å². The molecule has 1 saturated heterocycles. The van der Waals surface area contributed by atoms with Crippen LogP contribution >= 0.6 is 0 Å². The van der Waals surface area contributed by atoms with E-state index in [1.807, 2.05) is 54.4 Å². The summed E-state index contributed by atoms with van der Waals surface area (Å²) in [6, 6.07) is 22.6. The molecule has 0 radical (unpaired) electrons. The smallest absolute Gasteiger partial charge is 0.308 e. The molecule has 0 N–H and O–H groups in total. The van der Waals surface area contributed by atoms with Crippen LogP contribution in [0.1, 0.15) is 61.4 Å². The zero-order valence-electron chi connectivity index (χ0n) is 22.6. The van der Waals surface area contributed by atoms with E-state index >= 15 is 0 Å². The van der Waals surface area contributed by atoms with Crippen LogP contribution in [0.2, 0.25) is 0 Å². The second-order valence-electron chi connectivity index (χ2n) is 11.8. The first-order valence-electron chi connectivity index (χ1n) is 14.2. The van der Waals surface area contributed by atoms with Crippen LogP contribution in [0, 0.1) is 11.8 Å². The number of ether oxygens (including phenoxy) is 1. The Hall–Kier alpha value is -3.18. The number of hydrogen-bond donors (Lipinski definition) is 0. The fourth-order valence-corrected chi connectivity index (χ4v) is 7.08. The molecule has 0 spiro atoms. The molecule has 2 aliphatic carbocycles. The summed E-state index contributed by atoms with van der Waals surface area (Å²) in [5.74, 6) is 1.83. The Morgan fingerprint density at radius 1 is 0.974 bits per heavy atom. The average molecular weight is 511 g/mol. The van der Waals surface area contributed by atoms with Crippen molar-refractivity contribution in [3.63, 3.8) is 0 Å². The molecule has 1 heterocycles. The molecule has 3 atom stereocenters. The predicted molar refractivity (Wildman–Crippen MR) is 150 cm³/mol. The van der Waals surface area contributed by atoms with Gasteiger partial charge in [0.2, 0.25) is 0 Å². The molecule has 3 aromatic rings. The molecule has 198 valence electrons. The third-order valence-corrected chi connectivity index (χ3v) is 9.33. The molecule has 0 aromatic heterocycles. The predicted octanol–water partition coefficient (Wildman–Crippen LogP) is 6.06. The van der Waals surface area contributed by atoms with Gasteiger partial charge in [-0.25, -0.2) is 0 Å². The number of carbonyl (C=O) groups excluding carboxylic acids is 2. The summed E-state index contributed by atoms with van der Waals surface area (Å²) in [5, 5.41) is 2.24. The number of carbonyl (C=O) groups is 2. The fourth-order valence-electron chi connectivity index (χ4n) is 7.08. The molecule has 6 rings (SSSR count). The number of benzene rings is 3. The molecular formula is C33H38N2O3. The van der Waals surface area contributed by atoms with Crippen molar-refractivity contribution in [1.29, 1.82) is 0 Å². The average Bonchev–Trinajstić information content (AvgIpc) is 3.75. The van der Waals surface area contributed by atoms with E-state index < -0.39 is 0 Å². The third-order valence-electron chi connectivity index (χ3n) is 9.33. The van der Waals surface area contributed by atoms with Crippen molar-refractivity contribution in [3.05, 3.63) is 77.9 Å². The second kappa shape index (κ2) is 10.2.